The maximum atomic E-state index is 10.3. The van der Waals surface area contributed by atoms with Crippen molar-refractivity contribution in [3.8, 4) is 0 Å². The summed E-state index contributed by atoms with van der Waals surface area (Å²) in [5.74, 6) is 4.42. The molecule has 4 rings (SSSR count). The Morgan fingerprint density at radius 2 is 1.83 bits per heavy atom. The predicted octanol–water partition coefficient (Wildman–Crippen LogP) is 6.47. The summed E-state index contributed by atoms with van der Waals surface area (Å²) in [6.45, 7) is 12.3. The van der Waals surface area contributed by atoms with E-state index in [0.717, 1.165) is 42.9 Å². The average Bonchev–Trinajstić information content (AvgIpc) is 3.05. The molecule has 168 valence electrons. The van der Waals surface area contributed by atoms with Crippen LogP contribution in [-0.2, 0) is 4.65 Å². The third-order valence-corrected chi connectivity index (χ3v) is 10.4. The number of aliphatic hydroxyl groups is 1. The van der Waals surface area contributed by atoms with E-state index in [4.69, 9.17) is 12.7 Å². The summed E-state index contributed by atoms with van der Waals surface area (Å²) in [4.78, 5) is 0. The minimum Gasteiger partial charge on any atom is -0.441 e. The van der Waals surface area contributed by atoms with Crippen LogP contribution in [0.15, 0.2) is 11.6 Å². The summed E-state index contributed by atoms with van der Waals surface area (Å²) in [6, 6.07) is 0. The number of hydrogen-bond acceptors (Lipinski definition) is 2. The SMILES string of the molecule is [B]OC1C=C2CC(O)CCC2(C)C2CCC3(C)C(C(C)CCCC(C)C)CCC3C12. The molecule has 1 N–H and O–H groups in total. The van der Waals surface area contributed by atoms with Crippen LogP contribution in [0.25, 0.3) is 0 Å². The molecule has 0 spiro atoms. The first-order valence-corrected chi connectivity index (χ1v) is 13.0. The average molecular weight is 412 g/mol. The molecule has 2 nitrogen and oxygen atoms in total. The van der Waals surface area contributed by atoms with Gasteiger partial charge in [-0.25, -0.2) is 0 Å². The van der Waals surface area contributed by atoms with Gasteiger partial charge in [0.25, 0.3) is 8.05 Å². The van der Waals surface area contributed by atoms with Gasteiger partial charge >= 0.3 is 0 Å². The number of aliphatic hydroxyl groups excluding tert-OH is 1. The van der Waals surface area contributed by atoms with Crippen LogP contribution < -0.4 is 0 Å². The molecule has 9 atom stereocenters. The van der Waals surface area contributed by atoms with Gasteiger partial charge in [0.2, 0.25) is 0 Å². The van der Waals surface area contributed by atoms with Crippen molar-refractivity contribution in [2.75, 3.05) is 0 Å². The molecule has 0 aromatic carbocycles. The van der Waals surface area contributed by atoms with Crippen LogP contribution in [0.4, 0.5) is 0 Å². The molecule has 0 bridgehead atoms. The number of rotatable bonds is 6. The normalized spacial score (nSPS) is 46.7. The highest BCUT2D eigenvalue weighted by atomic mass is 16.4. The second-order valence-corrected chi connectivity index (χ2v) is 12.4. The maximum Gasteiger partial charge on any atom is 0.283 e. The van der Waals surface area contributed by atoms with Crippen LogP contribution >= 0.6 is 0 Å². The third kappa shape index (κ3) is 3.74. The highest BCUT2D eigenvalue weighted by Crippen LogP contribution is 2.67. The van der Waals surface area contributed by atoms with Crippen LogP contribution in [0.2, 0.25) is 0 Å². The molecule has 0 amide bonds. The molecule has 4 aliphatic rings. The van der Waals surface area contributed by atoms with E-state index in [2.05, 4.69) is 40.7 Å². The van der Waals surface area contributed by atoms with Crippen molar-refractivity contribution < 1.29 is 9.76 Å². The van der Waals surface area contributed by atoms with Gasteiger partial charge in [0, 0.05) is 0 Å². The van der Waals surface area contributed by atoms with E-state index >= 15 is 0 Å². The van der Waals surface area contributed by atoms with Gasteiger partial charge in [-0.05, 0) is 91.3 Å². The second-order valence-electron chi connectivity index (χ2n) is 12.4. The van der Waals surface area contributed by atoms with Gasteiger partial charge < -0.3 is 9.76 Å². The van der Waals surface area contributed by atoms with Crippen LogP contribution in [0.3, 0.4) is 0 Å². The highest BCUT2D eigenvalue weighted by molar-refractivity contribution is 5.98. The molecule has 2 radical (unpaired) electrons. The maximum absolute atomic E-state index is 10.3. The fourth-order valence-electron chi connectivity index (χ4n) is 8.76. The van der Waals surface area contributed by atoms with Gasteiger partial charge in [-0.1, -0.05) is 65.5 Å². The summed E-state index contributed by atoms with van der Waals surface area (Å²) in [5, 5.41) is 10.3. The summed E-state index contributed by atoms with van der Waals surface area (Å²) in [7, 11) is 5.92. The van der Waals surface area contributed by atoms with Crippen molar-refractivity contribution in [1.29, 1.82) is 0 Å². The molecule has 0 aromatic heterocycles. The molecule has 3 saturated carbocycles. The highest BCUT2D eigenvalue weighted by Gasteiger charge is 2.61. The molecule has 4 aliphatic carbocycles. The lowest BCUT2D eigenvalue weighted by molar-refractivity contribution is -0.0903. The van der Waals surface area contributed by atoms with E-state index < -0.39 is 0 Å². The Bertz CT molecular complexity index is 645. The Balaban J connectivity index is 1.56. The lowest BCUT2D eigenvalue weighted by atomic mass is 9.46. The summed E-state index contributed by atoms with van der Waals surface area (Å²) < 4.78 is 5.67. The predicted molar refractivity (Wildman–Crippen MR) is 125 cm³/mol. The lowest BCUT2D eigenvalue weighted by Crippen LogP contribution is -2.55. The monoisotopic (exact) mass is 412 g/mol. The Kier molecular flexibility index (Phi) is 6.55. The zero-order chi connectivity index (χ0) is 21.7. The third-order valence-electron chi connectivity index (χ3n) is 10.4. The summed E-state index contributed by atoms with van der Waals surface area (Å²) in [5.41, 5.74) is 2.10. The standard InChI is InChI=1S/C27H45BO2/c1-17(2)7-6-8-18(3)21-9-10-22-25-23(12-14-27(21,22)5)26(4)13-11-20(29)15-19(26)16-24(25)30-28/h16-18,20-25,29H,6-15H2,1-5H3. The Hall–Kier alpha value is -0.275. The van der Waals surface area contributed by atoms with E-state index in [0.29, 0.717) is 17.3 Å². The Morgan fingerprint density at radius 3 is 2.53 bits per heavy atom. The van der Waals surface area contributed by atoms with Gasteiger partial charge in [-0.3, -0.25) is 0 Å². The van der Waals surface area contributed by atoms with E-state index in [1.807, 2.05) is 0 Å². The first-order chi connectivity index (χ1) is 14.2. The molecule has 0 heterocycles. The minimum absolute atomic E-state index is 0.0306. The molecular formula is C27H45BO2. The van der Waals surface area contributed by atoms with Gasteiger partial charge in [0.15, 0.2) is 0 Å². The smallest absolute Gasteiger partial charge is 0.283 e. The van der Waals surface area contributed by atoms with E-state index in [1.165, 1.54) is 50.5 Å². The van der Waals surface area contributed by atoms with Crippen LogP contribution in [-0.4, -0.2) is 25.4 Å². The quantitative estimate of drug-likeness (QED) is 0.400. The Labute approximate surface area is 187 Å². The van der Waals surface area contributed by atoms with Crippen molar-refractivity contribution in [3.05, 3.63) is 11.6 Å². The summed E-state index contributed by atoms with van der Waals surface area (Å²) in [6.07, 6.45) is 14.6. The molecule has 0 aliphatic heterocycles. The van der Waals surface area contributed by atoms with Gasteiger partial charge in [0.05, 0.1) is 12.2 Å². The van der Waals surface area contributed by atoms with Crippen molar-refractivity contribution >= 4 is 8.05 Å². The largest absolute Gasteiger partial charge is 0.441 e. The van der Waals surface area contributed by atoms with Gasteiger partial charge in [-0.15, -0.1) is 0 Å². The van der Waals surface area contributed by atoms with Crippen LogP contribution in [0.5, 0.6) is 0 Å². The van der Waals surface area contributed by atoms with Gasteiger partial charge in [0.1, 0.15) is 0 Å². The van der Waals surface area contributed by atoms with Crippen LogP contribution in [0, 0.1) is 46.3 Å². The van der Waals surface area contributed by atoms with Crippen molar-refractivity contribution in [2.24, 2.45) is 46.3 Å². The zero-order valence-electron chi connectivity index (χ0n) is 20.2. The van der Waals surface area contributed by atoms with Crippen molar-refractivity contribution in [1.82, 2.24) is 0 Å². The second kappa shape index (κ2) is 8.58. The Morgan fingerprint density at radius 1 is 1.07 bits per heavy atom. The van der Waals surface area contributed by atoms with E-state index in [9.17, 15) is 5.11 Å². The minimum atomic E-state index is -0.185. The zero-order valence-corrected chi connectivity index (χ0v) is 20.2. The molecular weight excluding hydrogens is 367 g/mol. The molecule has 3 fully saturated rings. The molecule has 3 heteroatoms. The molecule has 0 saturated heterocycles. The number of hydrogen-bond donors (Lipinski definition) is 1. The molecule has 9 unspecified atom stereocenters. The fourth-order valence-corrected chi connectivity index (χ4v) is 8.76. The van der Waals surface area contributed by atoms with E-state index in [-0.39, 0.29) is 17.6 Å². The van der Waals surface area contributed by atoms with Crippen molar-refractivity contribution in [3.63, 3.8) is 0 Å². The summed E-state index contributed by atoms with van der Waals surface area (Å²) >= 11 is 0. The topological polar surface area (TPSA) is 29.5 Å². The fraction of sp³-hybridized carbons (Fsp3) is 0.926. The van der Waals surface area contributed by atoms with Gasteiger partial charge in [-0.2, -0.15) is 0 Å². The molecule has 30 heavy (non-hydrogen) atoms. The first kappa shape index (κ1) is 22.9. The molecule has 0 aromatic rings. The first-order valence-electron chi connectivity index (χ1n) is 13.0. The lowest BCUT2D eigenvalue weighted by Gasteiger charge is -2.60. The van der Waals surface area contributed by atoms with Crippen LogP contribution in [0.1, 0.15) is 98.8 Å². The number of fused-ring (bicyclic) bond motifs is 5. The van der Waals surface area contributed by atoms with Crippen molar-refractivity contribution in [2.45, 2.75) is 111 Å². The van der Waals surface area contributed by atoms with E-state index in [1.54, 1.807) is 0 Å².